The highest BCUT2D eigenvalue weighted by Crippen LogP contribution is 2.06. The first-order valence-electron chi connectivity index (χ1n) is 8.48. The predicted octanol–water partition coefficient (Wildman–Crippen LogP) is 2.48. The van der Waals surface area contributed by atoms with Crippen LogP contribution in [0.3, 0.4) is 0 Å². The first-order valence-corrected chi connectivity index (χ1v) is 8.48. The third-order valence-electron chi connectivity index (χ3n) is 3.94. The summed E-state index contributed by atoms with van der Waals surface area (Å²) in [6.45, 7) is 7.07. The van der Waals surface area contributed by atoms with Gasteiger partial charge in [0, 0.05) is 18.8 Å². The van der Waals surface area contributed by atoms with Gasteiger partial charge in [0.15, 0.2) is 6.61 Å². The van der Waals surface area contributed by atoms with Crippen LogP contribution in [0.15, 0.2) is 36.4 Å². The average molecular weight is 343 g/mol. The number of benzene rings is 1. The fraction of sp³-hybridized carbons (Fsp3) is 0.421. The highest BCUT2D eigenvalue weighted by molar-refractivity contribution is 5.80. The van der Waals surface area contributed by atoms with Crippen LogP contribution in [0.4, 0.5) is 0 Å². The van der Waals surface area contributed by atoms with Crippen molar-refractivity contribution in [1.29, 1.82) is 0 Å². The molecule has 6 nitrogen and oxygen atoms in total. The number of rotatable bonds is 8. The van der Waals surface area contributed by atoms with Crippen molar-refractivity contribution in [2.75, 3.05) is 13.2 Å². The van der Waals surface area contributed by atoms with Gasteiger partial charge in [0.25, 0.3) is 5.91 Å². The van der Waals surface area contributed by atoms with Crippen LogP contribution in [-0.4, -0.2) is 39.7 Å². The second kappa shape index (κ2) is 9.01. The summed E-state index contributed by atoms with van der Waals surface area (Å²) in [5.41, 5.74) is 2.97. The maximum absolute atomic E-state index is 12.2. The molecule has 0 radical (unpaired) electrons. The van der Waals surface area contributed by atoms with E-state index in [2.05, 4.69) is 5.10 Å². The minimum Gasteiger partial charge on any atom is -0.456 e. The Balaban J connectivity index is 1.77. The van der Waals surface area contributed by atoms with E-state index in [1.807, 2.05) is 57.2 Å². The number of likely N-dealkylation sites (N-methyl/N-ethyl adjacent to an activating group) is 1. The normalized spacial score (nSPS) is 10.5. The van der Waals surface area contributed by atoms with Crippen molar-refractivity contribution >= 4 is 11.9 Å². The Morgan fingerprint density at radius 3 is 2.52 bits per heavy atom. The molecule has 25 heavy (non-hydrogen) atoms. The number of hydrogen-bond donors (Lipinski definition) is 0. The number of aromatic nitrogens is 2. The summed E-state index contributed by atoms with van der Waals surface area (Å²) in [4.78, 5) is 25.8. The number of carbonyl (C=O) groups excluding carboxylic acids is 2. The summed E-state index contributed by atoms with van der Waals surface area (Å²) in [7, 11) is 0. The zero-order chi connectivity index (χ0) is 18.2. The van der Waals surface area contributed by atoms with Crippen molar-refractivity contribution in [3.63, 3.8) is 0 Å². The van der Waals surface area contributed by atoms with Crippen molar-refractivity contribution in [3.05, 3.63) is 53.3 Å². The molecule has 0 saturated carbocycles. The van der Waals surface area contributed by atoms with Crippen molar-refractivity contribution in [3.8, 4) is 0 Å². The van der Waals surface area contributed by atoms with E-state index < -0.39 is 5.97 Å². The Labute approximate surface area is 148 Å². The van der Waals surface area contributed by atoms with Gasteiger partial charge in [-0.1, -0.05) is 30.3 Å². The van der Waals surface area contributed by atoms with Gasteiger partial charge in [0.1, 0.15) is 0 Å². The van der Waals surface area contributed by atoms with Gasteiger partial charge in [0.05, 0.1) is 18.7 Å². The molecule has 134 valence electrons. The van der Waals surface area contributed by atoms with Crippen LogP contribution in [-0.2, 0) is 27.4 Å². The summed E-state index contributed by atoms with van der Waals surface area (Å²) in [5, 5.41) is 4.30. The molecule has 0 atom stereocenters. The van der Waals surface area contributed by atoms with Gasteiger partial charge in [-0.15, -0.1) is 0 Å². The molecule has 0 fully saturated rings. The highest BCUT2D eigenvalue weighted by atomic mass is 16.5. The summed E-state index contributed by atoms with van der Waals surface area (Å²) in [6, 6.07) is 11.7. The Morgan fingerprint density at radius 2 is 1.92 bits per heavy atom. The van der Waals surface area contributed by atoms with Gasteiger partial charge in [-0.2, -0.15) is 5.10 Å². The molecule has 6 heteroatoms. The smallest absolute Gasteiger partial charge is 0.308 e. The minimum absolute atomic E-state index is 0.189. The lowest BCUT2D eigenvalue weighted by atomic mass is 10.2. The van der Waals surface area contributed by atoms with Gasteiger partial charge in [-0.05, 0) is 32.4 Å². The fourth-order valence-electron chi connectivity index (χ4n) is 2.58. The van der Waals surface area contributed by atoms with Crippen LogP contribution >= 0.6 is 0 Å². The third kappa shape index (κ3) is 5.74. The van der Waals surface area contributed by atoms with Crippen LogP contribution in [0.1, 0.15) is 30.3 Å². The molecular formula is C19H25N3O3. The molecule has 0 aliphatic rings. The summed E-state index contributed by atoms with van der Waals surface area (Å²) in [5.74, 6) is -0.581. The van der Waals surface area contributed by atoms with E-state index in [1.54, 1.807) is 9.58 Å². The Hall–Kier alpha value is -2.63. The number of nitrogens with zero attached hydrogens (tertiary/aromatic N) is 3. The molecule has 0 unspecified atom stereocenters. The third-order valence-corrected chi connectivity index (χ3v) is 3.94. The Bertz CT molecular complexity index is 710. The zero-order valence-electron chi connectivity index (χ0n) is 15.1. The lowest BCUT2D eigenvalue weighted by Gasteiger charge is -2.20. The number of esters is 1. The molecule has 0 aliphatic carbocycles. The zero-order valence-corrected chi connectivity index (χ0v) is 15.1. The van der Waals surface area contributed by atoms with E-state index in [4.69, 9.17) is 4.74 Å². The SMILES string of the molecule is CCN(Cc1ccccc1)C(=O)COC(=O)CCn1nc(C)cc1C. The number of carbonyl (C=O) groups is 2. The van der Waals surface area contributed by atoms with Crippen molar-refractivity contribution in [2.24, 2.45) is 0 Å². The molecule has 1 aromatic carbocycles. The number of aryl methyl sites for hydroxylation is 3. The molecule has 1 amide bonds. The second-order valence-corrected chi connectivity index (χ2v) is 5.95. The summed E-state index contributed by atoms with van der Waals surface area (Å²) >= 11 is 0. The lowest BCUT2D eigenvalue weighted by Crippen LogP contribution is -2.34. The predicted molar refractivity (Wildman–Crippen MR) is 94.8 cm³/mol. The fourth-order valence-corrected chi connectivity index (χ4v) is 2.58. The van der Waals surface area contributed by atoms with E-state index in [1.165, 1.54) is 0 Å². The van der Waals surface area contributed by atoms with E-state index >= 15 is 0 Å². The van der Waals surface area contributed by atoms with Crippen LogP contribution < -0.4 is 0 Å². The van der Waals surface area contributed by atoms with E-state index in [9.17, 15) is 9.59 Å². The van der Waals surface area contributed by atoms with Gasteiger partial charge in [0.2, 0.25) is 0 Å². The van der Waals surface area contributed by atoms with Crippen molar-refractivity contribution in [1.82, 2.24) is 14.7 Å². The van der Waals surface area contributed by atoms with E-state index in [-0.39, 0.29) is 18.9 Å². The maximum Gasteiger partial charge on any atom is 0.308 e. The lowest BCUT2D eigenvalue weighted by molar-refractivity contribution is -0.152. The molecule has 2 aromatic rings. The van der Waals surface area contributed by atoms with Gasteiger partial charge in [-0.3, -0.25) is 14.3 Å². The molecule has 0 N–H and O–H groups in total. The molecular weight excluding hydrogens is 318 g/mol. The van der Waals surface area contributed by atoms with Crippen LogP contribution in [0.5, 0.6) is 0 Å². The maximum atomic E-state index is 12.2. The van der Waals surface area contributed by atoms with E-state index in [0.29, 0.717) is 19.6 Å². The van der Waals surface area contributed by atoms with Crippen molar-refractivity contribution in [2.45, 2.75) is 40.3 Å². The minimum atomic E-state index is -0.392. The van der Waals surface area contributed by atoms with Gasteiger partial charge >= 0.3 is 5.97 Å². The quantitative estimate of drug-likeness (QED) is 0.691. The first kappa shape index (κ1) is 18.7. The summed E-state index contributed by atoms with van der Waals surface area (Å²) < 4.78 is 6.89. The standard InChI is InChI=1S/C19H25N3O3/c1-4-21(13-17-8-6-5-7-9-17)18(23)14-25-19(24)10-11-22-16(3)12-15(2)20-22/h5-9,12H,4,10-11,13-14H2,1-3H3. The monoisotopic (exact) mass is 343 g/mol. The molecule has 0 spiro atoms. The average Bonchev–Trinajstić information content (AvgIpc) is 2.94. The molecule has 0 bridgehead atoms. The topological polar surface area (TPSA) is 64.4 Å². The number of ether oxygens (including phenoxy) is 1. The Morgan fingerprint density at radius 1 is 1.20 bits per heavy atom. The summed E-state index contributed by atoms with van der Waals surface area (Å²) in [6.07, 6.45) is 0.194. The highest BCUT2D eigenvalue weighted by Gasteiger charge is 2.15. The van der Waals surface area contributed by atoms with E-state index in [0.717, 1.165) is 17.0 Å². The molecule has 0 saturated heterocycles. The second-order valence-electron chi connectivity index (χ2n) is 5.95. The number of amides is 1. The van der Waals surface area contributed by atoms with Crippen LogP contribution in [0.25, 0.3) is 0 Å². The molecule has 0 aliphatic heterocycles. The van der Waals surface area contributed by atoms with Crippen LogP contribution in [0.2, 0.25) is 0 Å². The molecule has 1 heterocycles. The molecule has 2 rings (SSSR count). The molecule has 1 aromatic heterocycles. The number of hydrogen-bond acceptors (Lipinski definition) is 4. The first-order chi connectivity index (χ1) is 12.0. The van der Waals surface area contributed by atoms with Gasteiger partial charge < -0.3 is 9.64 Å². The Kier molecular flexibility index (Phi) is 6.74. The van der Waals surface area contributed by atoms with Gasteiger partial charge in [-0.25, -0.2) is 0 Å². The van der Waals surface area contributed by atoms with Crippen LogP contribution in [0, 0.1) is 13.8 Å². The largest absolute Gasteiger partial charge is 0.456 e. The van der Waals surface area contributed by atoms with Crippen molar-refractivity contribution < 1.29 is 14.3 Å².